The van der Waals surface area contributed by atoms with Crippen LogP contribution < -0.4 is 0 Å². The Morgan fingerprint density at radius 3 is 1.50 bits per heavy atom. The minimum absolute atomic E-state index is 0.244. The summed E-state index contributed by atoms with van der Waals surface area (Å²) in [4.78, 5) is 15.1. The van der Waals surface area contributed by atoms with Gasteiger partial charge in [-0.25, -0.2) is 15.0 Å². The summed E-state index contributed by atoms with van der Waals surface area (Å²) >= 11 is 0. The Labute approximate surface area is 315 Å². The van der Waals surface area contributed by atoms with E-state index in [1.54, 1.807) is 0 Å². The highest BCUT2D eigenvalue weighted by Crippen LogP contribution is 2.55. The van der Waals surface area contributed by atoms with Gasteiger partial charge in [0.15, 0.2) is 17.5 Å². The summed E-state index contributed by atoms with van der Waals surface area (Å²) in [6, 6.07) is 68.9. The smallest absolute Gasteiger partial charge is 0.164 e. The van der Waals surface area contributed by atoms with Crippen molar-refractivity contribution in [2.45, 2.75) is 12.3 Å². The van der Waals surface area contributed by atoms with Crippen LogP contribution in [0, 0.1) is 0 Å². The second-order valence-corrected chi connectivity index (χ2v) is 14.2. The number of benzene rings is 8. The number of fused-ring (bicyclic) bond motifs is 4. The first-order valence-electron chi connectivity index (χ1n) is 18.4. The summed E-state index contributed by atoms with van der Waals surface area (Å²) in [6.07, 6.45) is 0. The number of aromatic nitrogens is 3. The molecule has 1 aliphatic rings. The minimum Gasteiger partial charge on any atom is -0.208 e. The van der Waals surface area contributed by atoms with Crippen LogP contribution >= 0.6 is 0 Å². The molecule has 1 aromatic heterocycles. The van der Waals surface area contributed by atoms with E-state index in [9.17, 15) is 0 Å². The van der Waals surface area contributed by atoms with Crippen molar-refractivity contribution in [3.63, 3.8) is 0 Å². The standard InChI is InChI=1S/C51H35N3/c1-51(42-17-6-3-7-18-42)45-21-11-10-19-44(45)47-43(20-12-22-46(47)51)36-26-30-39(31-27-36)50-53-48(37-14-4-2-5-15-37)52-49(54-50)38-28-23-35(24-29-38)41-32-25-34-13-8-9-16-40(34)33-41/h2-33H,1H3. The third-order valence-corrected chi connectivity index (χ3v) is 11.0. The molecule has 0 amide bonds. The van der Waals surface area contributed by atoms with E-state index >= 15 is 0 Å². The Morgan fingerprint density at radius 1 is 0.333 bits per heavy atom. The fourth-order valence-electron chi connectivity index (χ4n) is 8.19. The molecule has 0 fully saturated rings. The normalized spacial score (nSPS) is 14.5. The highest BCUT2D eigenvalue weighted by Gasteiger charge is 2.41. The van der Waals surface area contributed by atoms with Crippen molar-refractivity contribution in [1.82, 2.24) is 15.0 Å². The molecule has 0 N–H and O–H groups in total. The summed E-state index contributed by atoms with van der Waals surface area (Å²) < 4.78 is 0. The number of hydrogen-bond donors (Lipinski definition) is 0. The highest BCUT2D eigenvalue weighted by atomic mass is 15.0. The first-order chi connectivity index (χ1) is 26.6. The van der Waals surface area contributed by atoms with E-state index in [0.29, 0.717) is 17.5 Å². The van der Waals surface area contributed by atoms with E-state index in [-0.39, 0.29) is 5.41 Å². The molecule has 3 heteroatoms. The van der Waals surface area contributed by atoms with Gasteiger partial charge in [0, 0.05) is 22.1 Å². The van der Waals surface area contributed by atoms with Crippen molar-refractivity contribution in [2.75, 3.05) is 0 Å². The topological polar surface area (TPSA) is 38.7 Å². The minimum atomic E-state index is -0.244. The van der Waals surface area contributed by atoms with Gasteiger partial charge in [-0.05, 0) is 73.8 Å². The van der Waals surface area contributed by atoms with Crippen LogP contribution in [0.1, 0.15) is 23.6 Å². The Kier molecular flexibility index (Phi) is 7.59. The molecular weight excluding hydrogens is 655 g/mol. The number of nitrogens with zero attached hydrogens (tertiary/aromatic N) is 3. The molecule has 1 unspecified atom stereocenters. The Hall–Kier alpha value is -6.97. The van der Waals surface area contributed by atoms with Gasteiger partial charge in [0.25, 0.3) is 0 Å². The molecule has 0 spiro atoms. The van der Waals surface area contributed by atoms with Crippen molar-refractivity contribution in [3.8, 4) is 67.5 Å². The van der Waals surface area contributed by atoms with Crippen molar-refractivity contribution in [1.29, 1.82) is 0 Å². The quantitative estimate of drug-likeness (QED) is 0.174. The molecule has 3 nitrogen and oxygen atoms in total. The molecular formula is C51H35N3. The second kappa shape index (κ2) is 12.9. The fourth-order valence-corrected chi connectivity index (χ4v) is 8.19. The van der Waals surface area contributed by atoms with Crippen LogP contribution in [0.15, 0.2) is 194 Å². The first kappa shape index (κ1) is 31.7. The summed E-state index contributed by atoms with van der Waals surface area (Å²) in [6.45, 7) is 2.36. The van der Waals surface area contributed by atoms with Gasteiger partial charge in [-0.2, -0.15) is 0 Å². The van der Waals surface area contributed by atoms with Gasteiger partial charge in [0.2, 0.25) is 0 Å². The van der Waals surface area contributed by atoms with E-state index < -0.39 is 0 Å². The SMILES string of the molecule is CC1(c2ccccc2)c2ccccc2-c2c(-c3ccc(-c4nc(-c5ccccc5)nc(-c5ccc(-c6ccc7ccccc7c6)cc5)n4)cc3)cccc21. The Bertz CT molecular complexity index is 2810. The van der Waals surface area contributed by atoms with Crippen LogP contribution in [-0.4, -0.2) is 15.0 Å². The fraction of sp³-hybridized carbons (Fsp3) is 0.0392. The molecule has 10 rings (SSSR count). The second-order valence-electron chi connectivity index (χ2n) is 14.2. The summed E-state index contributed by atoms with van der Waals surface area (Å²) in [5.74, 6) is 1.94. The first-order valence-corrected chi connectivity index (χ1v) is 18.4. The molecule has 54 heavy (non-hydrogen) atoms. The predicted octanol–water partition coefficient (Wildman–Crippen LogP) is 12.7. The molecule has 254 valence electrons. The molecule has 1 aliphatic carbocycles. The third-order valence-electron chi connectivity index (χ3n) is 11.0. The average molecular weight is 690 g/mol. The summed E-state index contributed by atoms with van der Waals surface area (Å²) in [7, 11) is 0. The zero-order valence-corrected chi connectivity index (χ0v) is 29.8. The van der Waals surface area contributed by atoms with Crippen LogP contribution in [0.3, 0.4) is 0 Å². The Morgan fingerprint density at radius 2 is 0.815 bits per heavy atom. The van der Waals surface area contributed by atoms with Gasteiger partial charge in [0.1, 0.15) is 0 Å². The van der Waals surface area contributed by atoms with E-state index in [1.807, 2.05) is 30.3 Å². The average Bonchev–Trinajstić information content (AvgIpc) is 3.53. The van der Waals surface area contributed by atoms with Gasteiger partial charge in [0.05, 0.1) is 0 Å². The molecule has 8 aromatic carbocycles. The lowest BCUT2D eigenvalue weighted by atomic mass is 9.74. The maximum atomic E-state index is 5.06. The highest BCUT2D eigenvalue weighted by molar-refractivity contribution is 5.94. The molecule has 0 saturated carbocycles. The number of hydrogen-bond acceptors (Lipinski definition) is 3. The molecule has 9 aromatic rings. The van der Waals surface area contributed by atoms with Crippen molar-refractivity contribution < 1.29 is 0 Å². The lowest BCUT2D eigenvalue weighted by Crippen LogP contribution is -2.22. The molecule has 1 atom stereocenters. The van der Waals surface area contributed by atoms with Gasteiger partial charge < -0.3 is 0 Å². The van der Waals surface area contributed by atoms with Gasteiger partial charge in [-0.15, -0.1) is 0 Å². The van der Waals surface area contributed by atoms with E-state index in [4.69, 9.17) is 15.0 Å². The number of rotatable bonds is 6. The van der Waals surface area contributed by atoms with E-state index in [1.165, 1.54) is 49.7 Å². The van der Waals surface area contributed by atoms with Crippen LogP contribution in [0.4, 0.5) is 0 Å². The van der Waals surface area contributed by atoms with Gasteiger partial charge in [-0.3, -0.25) is 0 Å². The molecule has 0 aliphatic heterocycles. The molecule has 0 radical (unpaired) electrons. The lowest BCUT2D eigenvalue weighted by molar-refractivity contribution is 0.714. The molecule has 1 heterocycles. The maximum absolute atomic E-state index is 5.06. The van der Waals surface area contributed by atoms with E-state index in [2.05, 4.69) is 171 Å². The zero-order chi connectivity index (χ0) is 36.1. The van der Waals surface area contributed by atoms with E-state index in [0.717, 1.165) is 27.8 Å². The van der Waals surface area contributed by atoms with Crippen LogP contribution in [0.5, 0.6) is 0 Å². The van der Waals surface area contributed by atoms with Gasteiger partial charge >= 0.3 is 0 Å². The van der Waals surface area contributed by atoms with Crippen LogP contribution in [0.2, 0.25) is 0 Å². The van der Waals surface area contributed by atoms with Crippen LogP contribution in [-0.2, 0) is 5.41 Å². The Balaban J connectivity index is 1.03. The van der Waals surface area contributed by atoms with Crippen molar-refractivity contribution >= 4 is 10.8 Å². The molecule has 0 bridgehead atoms. The largest absolute Gasteiger partial charge is 0.208 e. The summed E-state index contributed by atoms with van der Waals surface area (Å²) in [5, 5.41) is 2.47. The maximum Gasteiger partial charge on any atom is 0.164 e. The zero-order valence-electron chi connectivity index (χ0n) is 29.8. The molecule has 0 saturated heterocycles. The monoisotopic (exact) mass is 689 g/mol. The lowest BCUT2D eigenvalue weighted by Gasteiger charge is -2.28. The summed E-state index contributed by atoms with van der Waals surface area (Å²) in [5.41, 5.74) is 13.9. The predicted molar refractivity (Wildman–Crippen MR) is 222 cm³/mol. The van der Waals surface area contributed by atoms with Crippen molar-refractivity contribution in [3.05, 3.63) is 211 Å². The van der Waals surface area contributed by atoms with Gasteiger partial charge in [-0.1, -0.05) is 188 Å². The third kappa shape index (κ3) is 5.33. The van der Waals surface area contributed by atoms with Crippen LogP contribution in [0.25, 0.3) is 78.3 Å². The van der Waals surface area contributed by atoms with Crippen molar-refractivity contribution in [2.24, 2.45) is 0 Å².